The Hall–Kier alpha value is -3.07. The third-order valence-electron chi connectivity index (χ3n) is 4.63. The second-order valence-corrected chi connectivity index (χ2v) is 9.74. The predicted octanol–water partition coefficient (Wildman–Crippen LogP) is 4.92. The quantitative estimate of drug-likeness (QED) is 0.459. The highest BCUT2D eigenvalue weighted by Gasteiger charge is 2.27. The molecule has 10 heteroatoms. The lowest BCUT2D eigenvalue weighted by molar-refractivity contribution is -0.114. The molecule has 3 aromatic carbocycles. The second kappa shape index (κ2) is 10.2. The molecular formula is C23H20Cl2N2O5S. The van der Waals surface area contributed by atoms with E-state index in [0.717, 1.165) is 9.87 Å². The van der Waals surface area contributed by atoms with Gasteiger partial charge in [-0.15, -0.1) is 0 Å². The number of benzene rings is 3. The molecule has 0 unspecified atom stereocenters. The van der Waals surface area contributed by atoms with Gasteiger partial charge in [-0.1, -0.05) is 35.3 Å². The van der Waals surface area contributed by atoms with Crippen molar-refractivity contribution in [1.82, 2.24) is 0 Å². The number of anilines is 2. The molecule has 0 heterocycles. The minimum absolute atomic E-state index is 0.0133. The number of halogens is 2. The van der Waals surface area contributed by atoms with Crippen molar-refractivity contribution in [3.05, 3.63) is 87.9 Å². The first-order chi connectivity index (χ1) is 15.6. The van der Waals surface area contributed by atoms with Crippen molar-refractivity contribution in [1.29, 1.82) is 0 Å². The Labute approximate surface area is 201 Å². The molecule has 33 heavy (non-hydrogen) atoms. The van der Waals surface area contributed by atoms with Crippen LogP contribution in [0.4, 0.5) is 11.4 Å². The summed E-state index contributed by atoms with van der Waals surface area (Å²) < 4.78 is 32.5. The van der Waals surface area contributed by atoms with E-state index in [1.165, 1.54) is 49.6 Å². The highest BCUT2D eigenvalue weighted by Crippen LogP contribution is 2.26. The molecule has 0 aliphatic carbocycles. The normalized spacial score (nSPS) is 11.0. The monoisotopic (exact) mass is 506 g/mol. The number of nitrogens with zero attached hydrogens (tertiary/aromatic N) is 1. The van der Waals surface area contributed by atoms with Crippen LogP contribution in [-0.2, 0) is 19.6 Å². The Morgan fingerprint density at radius 3 is 2.33 bits per heavy atom. The molecule has 172 valence electrons. The van der Waals surface area contributed by atoms with Gasteiger partial charge in [-0.05, 0) is 67.1 Å². The number of aryl methyl sites for hydroxylation is 1. The van der Waals surface area contributed by atoms with E-state index in [1.807, 2.05) is 13.0 Å². The zero-order valence-electron chi connectivity index (χ0n) is 17.7. The van der Waals surface area contributed by atoms with Gasteiger partial charge in [0.2, 0.25) is 5.91 Å². The molecule has 0 radical (unpaired) electrons. The number of carbonyl (C=O) groups excluding carboxylic acids is 2. The first-order valence-electron chi connectivity index (χ1n) is 9.64. The molecule has 0 aliphatic heterocycles. The number of hydrogen-bond acceptors (Lipinski definition) is 5. The van der Waals surface area contributed by atoms with Crippen molar-refractivity contribution in [3.63, 3.8) is 0 Å². The van der Waals surface area contributed by atoms with Crippen LogP contribution < -0.4 is 9.62 Å². The number of nitrogens with one attached hydrogen (secondary N) is 1. The lowest BCUT2D eigenvalue weighted by Crippen LogP contribution is -2.38. The summed E-state index contributed by atoms with van der Waals surface area (Å²) >= 11 is 11.9. The van der Waals surface area contributed by atoms with Crippen LogP contribution in [0, 0.1) is 6.92 Å². The fraction of sp³-hybridized carbons (Fsp3) is 0.130. The number of sulfonamides is 1. The van der Waals surface area contributed by atoms with Gasteiger partial charge >= 0.3 is 5.97 Å². The van der Waals surface area contributed by atoms with Crippen LogP contribution in [0.15, 0.2) is 71.6 Å². The summed E-state index contributed by atoms with van der Waals surface area (Å²) in [6, 6.07) is 16.8. The van der Waals surface area contributed by atoms with Crippen LogP contribution in [0.25, 0.3) is 0 Å². The topological polar surface area (TPSA) is 92.8 Å². The van der Waals surface area contributed by atoms with E-state index in [0.29, 0.717) is 10.7 Å². The van der Waals surface area contributed by atoms with Gasteiger partial charge in [0.15, 0.2) is 0 Å². The van der Waals surface area contributed by atoms with E-state index in [4.69, 9.17) is 23.2 Å². The first kappa shape index (κ1) is 24.6. The summed E-state index contributed by atoms with van der Waals surface area (Å²) in [6.45, 7) is 1.31. The van der Waals surface area contributed by atoms with Crippen LogP contribution >= 0.6 is 23.2 Å². The van der Waals surface area contributed by atoms with Gasteiger partial charge in [-0.3, -0.25) is 9.10 Å². The Bertz CT molecular complexity index is 1290. The summed E-state index contributed by atoms with van der Waals surface area (Å²) in [4.78, 5) is 24.7. The van der Waals surface area contributed by atoms with E-state index < -0.39 is 28.4 Å². The van der Waals surface area contributed by atoms with Gasteiger partial charge in [-0.25, -0.2) is 13.2 Å². The third kappa shape index (κ3) is 5.84. The van der Waals surface area contributed by atoms with Gasteiger partial charge in [0, 0.05) is 10.7 Å². The van der Waals surface area contributed by atoms with Crippen molar-refractivity contribution in [2.75, 3.05) is 23.3 Å². The molecule has 3 aromatic rings. The van der Waals surface area contributed by atoms with Gasteiger partial charge in [-0.2, -0.15) is 0 Å². The number of methoxy groups -OCH3 is 1. The fourth-order valence-corrected chi connectivity index (χ4v) is 4.77. The fourth-order valence-electron chi connectivity index (χ4n) is 3.03. The molecule has 7 nitrogen and oxygen atoms in total. The Balaban J connectivity index is 1.93. The molecule has 0 fully saturated rings. The van der Waals surface area contributed by atoms with Crippen LogP contribution in [0.1, 0.15) is 15.9 Å². The summed E-state index contributed by atoms with van der Waals surface area (Å²) in [5.74, 6) is -1.28. The summed E-state index contributed by atoms with van der Waals surface area (Å²) in [6.07, 6.45) is 0. The smallest absolute Gasteiger partial charge is 0.339 e. The molecule has 0 aromatic heterocycles. The van der Waals surface area contributed by atoms with Gasteiger partial charge in [0.25, 0.3) is 10.0 Å². The molecule has 1 amide bonds. The van der Waals surface area contributed by atoms with Crippen molar-refractivity contribution in [3.8, 4) is 0 Å². The molecule has 0 atom stereocenters. The zero-order valence-corrected chi connectivity index (χ0v) is 20.0. The third-order valence-corrected chi connectivity index (χ3v) is 7.00. The highest BCUT2D eigenvalue weighted by molar-refractivity contribution is 7.92. The van der Waals surface area contributed by atoms with Crippen molar-refractivity contribution < 1.29 is 22.7 Å². The van der Waals surface area contributed by atoms with Gasteiger partial charge < -0.3 is 10.1 Å². The molecule has 0 saturated heterocycles. The molecular weight excluding hydrogens is 487 g/mol. The van der Waals surface area contributed by atoms with Crippen LogP contribution in [0.2, 0.25) is 10.0 Å². The Morgan fingerprint density at radius 1 is 1.00 bits per heavy atom. The molecule has 0 bridgehead atoms. The molecule has 3 rings (SSSR count). The molecule has 0 spiro atoms. The van der Waals surface area contributed by atoms with E-state index in [1.54, 1.807) is 18.2 Å². The van der Waals surface area contributed by atoms with Crippen molar-refractivity contribution in [2.24, 2.45) is 0 Å². The van der Waals surface area contributed by atoms with E-state index in [2.05, 4.69) is 10.1 Å². The largest absolute Gasteiger partial charge is 0.465 e. The lowest BCUT2D eigenvalue weighted by Gasteiger charge is -2.24. The van der Waals surface area contributed by atoms with E-state index in [9.17, 15) is 18.0 Å². The maximum atomic E-state index is 13.4. The van der Waals surface area contributed by atoms with Crippen molar-refractivity contribution >= 4 is 56.5 Å². The zero-order chi connectivity index (χ0) is 24.2. The number of rotatable bonds is 7. The van der Waals surface area contributed by atoms with Crippen LogP contribution in [0.3, 0.4) is 0 Å². The maximum Gasteiger partial charge on any atom is 0.339 e. The average Bonchev–Trinajstić information content (AvgIpc) is 2.78. The SMILES string of the molecule is COC(=O)c1cc(NC(=O)CN(c2cccc(C)c2)S(=O)(=O)c2ccc(Cl)cc2)ccc1Cl. The molecule has 0 aliphatic rings. The lowest BCUT2D eigenvalue weighted by atomic mass is 10.2. The van der Waals surface area contributed by atoms with E-state index >= 15 is 0 Å². The number of carbonyl (C=O) groups is 2. The number of hydrogen-bond donors (Lipinski definition) is 1. The highest BCUT2D eigenvalue weighted by atomic mass is 35.5. The second-order valence-electron chi connectivity index (χ2n) is 7.04. The van der Waals surface area contributed by atoms with Gasteiger partial charge in [0.05, 0.1) is 28.3 Å². The summed E-state index contributed by atoms with van der Waals surface area (Å²) in [7, 11) is -2.88. The summed E-state index contributed by atoms with van der Waals surface area (Å²) in [5, 5.41) is 3.15. The molecule has 0 saturated carbocycles. The first-order valence-corrected chi connectivity index (χ1v) is 11.8. The van der Waals surface area contributed by atoms with E-state index in [-0.39, 0.29) is 21.2 Å². The Kier molecular flexibility index (Phi) is 7.63. The maximum absolute atomic E-state index is 13.4. The summed E-state index contributed by atoms with van der Waals surface area (Å²) in [5.41, 5.74) is 1.48. The number of ether oxygens (including phenoxy) is 1. The van der Waals surface area contributed by atoms with Crippen LogP contribution in [0.5, 0.6) is 0 Å². The minimum Gasteiger partial charge on any atom is -0.465 e. The molecule has 1 N–H and O–H groups in total. The standard InChI is InChI=1S/C23H20Cl2N2O5S/c1-15-4-3-5-18(12-15)27(33(30,31)19-9-6-16(24)7-10-19)14-22(28)26-17-8-11-21(25)20(13-17)23(29)32-2/h3-13H,14H2,1-2H3,(H,26,28). The van der Waals surface area contributed by atoms with Crippen LogP contribution in [-0.4, -0.2) is 33.9 Å². The average molecular weight is 507 g/mol. The number of esters is 1. The Morgan fingerprint density at radius 2 is 1.70 bits per heavy atom. The van der Waals surface area contributed by atoms with Gasteiger partial charge in [0.1, 0.15) is 6.54 Å². The number of amides is 1. The predicted molar refractivity (Wildman–Crippen MR) is 129 cm³/mol. The minimum atomic E-state index is -4.09. The van der Waals surface area contributed by atoms with Crippen molar-refractivity contribution in [2.45, 2.75) is 11.8 Å².